The smallest absolute Gasteiger partial charge is 0.295 e. The van der Waals surface area contributed by atoms with Gasteiger partial charge < -0.3 is 5.32 Å². The minimum absolute atomic E-state index is 0.0571. The van der Waals surface area contributed by atoms with Gasteiger partial charge in [0.15, 0.2) is 5.82 Å². The number of halogens is 2. The Balaban J connectivity index is 1.77. The van der Waals surface area contributed by atoms with Gasteiger partial charge in [0.1, 0.15) is 0 Å². The second-order valence-electron chi connectivity index (χ2n) is 7.39. The van der Waals surface area contributed by atoms with E-state index < -0.39 is 5.91 Å². The van der Waals surface area contributed by atoms with Crippen LogP contribution in [0.25, 0.3) is 17.1 Å². The Labute approximate surface area is 190 Å². The van der Waals surface area contributed by atoms with Crippen molar-refractivity contribution in [3.8, 4) is 17.1 Å². The minimum Gasteiger partial charge on any atom is -0.319 e. The SMILES string of the molecule is Cc1ccc(-n2nc(C(=O)Nc3ccc(C)c(Cl)c3)nc2-c2ccc(Cl)cc2)c(C)c1. The average molecular weight is 451 g/mol. The molecular formula is C24H20Cl2N4O. The molecule has 0 saturated carbocycles. The molecule has 0 atom stereocenters. The quantitative estimate of drug-likeness (QED) is 0.390. The van der Waals surface area contributed by atoms with Crippen LogP contribution in [0.1, 0.15) is 27.3 Å². The Morgan fingerprint density at radius 1 is 0.903 bits per heavy atom. The summed E-state index contributed by atoms with van der Waals surface area (Å²) in [4.78, 5) is 17.5. The Hall–Kier alpha value is -3.15. The molecule has 0 saturated heterocycles. The molecule has 0 aliphatic rings. The highest BCUT2D eigenvalue weighted by atomic mass is 35.5. The van der Waals surface area contributed by atoms with Gasteiger partial charge in [-0.2, -0.15) is 0 Å². The topological polar surface area (TPSA) is 59.8 Å². The number of aryl methyl sites for hydroxylation is 3. The van der Waals surface area contributed by atoms with E-state index in [1.165, 1.54) is 0 Å². The predicted octanol–water partition coefficient (Wildman–Crippen LogP) is 6.42. The Bertz CT molecular complexity index is 1280. The second kappa shape index (κ2) is 8.53. The highest BCUT2D eigenvalue weighted by Gasteiger charge is 2.20. The van der Waals surface area contributed by atoms with Crippen LogP contribution in [0.3, 0.4) is 0 Å². The minimum atomic E-state index is -0.418. The van der Waals surface area contributed by atoms with Crippen LogP contribution in [0.15, 0.2) is 60.7 Å². The number of amides is 1. The maximum absolute atomic E-state index is 12.9. The predicted molar refractivity (Wildman–Crippen MR) is 125 cm³/mol. The molecule has 1 aromatic heterocycles. The van der Waals surface area contributed by atoms with Crippen molar-refractivity contribution in [3.05, 3.63) is 93.2 Å². The summed E-state index contributed by atoms with van der Waals surface area (Å²) in [7, 11) is 0. The van der Waals surface area contributed by atoms with Gasteiger partial charge in [-0.15, -0.1) is 5.10 Å². The van der Waals surface area contributed by atoms with Crippen LogP contribution in [-0.4, -0.2) is 20.7 Å². The molecule has 0 spiro atoms. The zero-order valence-electron chi connectivity index (χ0n) is 17.3. The molecule has 7 heteroatoms. The maximum Gasteiger partial charge on any atom is 0.295 e. The van der Waals surface area contributed by atoms with Crippen molar-refractivity contribution in [2.24, 2.45) is 0 Å². The van der Waals surface area contributed by atoms with Gasteiger partial charge >= 0.3 is 0 Å². The first-order valence-corrected chi connectivity index (χ1v) is 10.5. The highest BCUT2D eigenvalue weighted by Crippen LogP contribution is 2.26. The summed E-state index contributed by atoms with van der Waals surface area (Å²) in [5, 5.41) is 8.55. The number of aromatic nitrogens is 3. The van der Waals surface area contributed by atoms with Gasteiger partial charge in [0.25, 0.3) is 5.91 Å². The van der Waals surface area contributed by atoms with Crippen LogP contribution in [0.4, 0.5) is 5.69 Å². The number of anilines is 1. The summed E-state index contributed by atoms with van der Waals surface area (Å²) >= 11 is 12.2. The fourth-order valence-corrected chi connectivity index (χ4v) is 3.57. The third kappa shape index (κ3) is 4.48. The number of nitrogens with one attached hydrogen (secondary N) is 1. The van der Waals surface area contributed by atoms with Crippen LogP contribution in [0, 0.1) is 20.8 Å². The third-order valence-electron chi connectivity index (χ3n) is 4.92. The van der Waals surface area contributed by atoms with Gasteiger partial charge in [-0.05, 0) is 74.4 Å². The number of hydrogen-bond donors (Lipinski definition) is 1. The van der Waals surface area contributed by atoms with Gasteiger partial charge in [0.05, 0.1) is 5.69 Å². The standard InChI is InChI=1S/C24H20Cl2N4O/c1-14-4-11-21(16(3)12-14)30-23(17-6-8-18(25)9-7-17)28-22(29-30)24(31)27-19-10-5-15(2)20(26)13-19/h4-13H,1-3H3,(H,27,31). The first kappa shape index (κ1) is 21.1. The molecule has 3 aromatic carbocycles. The third-order valence-corrected chi connectivity index (χ3v) is 5.58. The van der Waals surface area contributed by atoms with Crippen LogP contribution in [0.5, 0.6) is 0 Å². The van der Waals surface area contributed by atoms with Crippen LogP contribution < -0.4 is 5.32 Å². The Morgan fingerprint density at radius 3 is 2.32 bits per heavy atom. The number of carbonyl (C=O) groups is 1. The molecule has 156 valence electrons. The molecule has 0 fully saturated rings. The molecule has 0 unspecified atom stereocenters. The van der Waals surface area contributed by atoms with Gasteiger partial charge in [0, 0.05) is 21.3 Å². The second-order valence-corrected chi connectivity index (χ2v) is 8.23. The van der Waals surface area contributed by atoms with E-state index in [0.717, 1.165) is 27.9 Å². The molecule has 4 rings (SSSR count). The molecule has 0 aliphatic carbocycles. The van der Waals surface area contributed by atoms with Crippen molar-refractivity contribution < 1.29 is 4.79 Å². The normalized spacial score (nSPS) is 10.9. The lowest BCUT2D eigenvalue weighted by Crippen LogP contribution is -2.14. The molecule has 31 heavy (non-hydrogen) atoms. The number of rotatable bonds is 4. The van der Waals surface area contributed by atoms with Crippen LogP contribution in [-0.2, 0) is 0 Å². The molecule has 5 nitrogen and oxygen atoms in total. The fraction of sp³-hybridized carbons (Fsp3) is 0.125. The molecule has 0 aliphatic heterocycles. The zero-order chi connectivity index (χ0) is 22.1. The Morgan fingerprint density at radius 2 is 1.65 bits per heavy atom. The fourth-order valence-electron chi connectivity index (χ4n) is 3.26. The van der Waals surface area contributed by atoms with Crippen molar-refractivity contribution in [3.63, 3.8) is 0 Å². The first-order chi connectivity index (χ1) is 14.8. The molecule has 1 amide bonds. The molecule has 4 aromatic rings. The van der Waals surface area contributed by atoms with E-state index in [1.54, 1.807) is 28.9 Å². The van der Waals surface area contributed by atoms with Crippen molar-refractivity contribution in [2.75, 3.05) is 5.32 Å². The number of benzene rings is 3. The number of hydrogen-bond acceptors (Lipinski definition) is 3. The van der Waals surface area contributed by atoms with Crippen molar-refractivity contribution in [2.45, 2.75) is 20.8 Å². The summed E-state index contributed by atoms with van der Waals surface area (Å²) in [6, 6.07) is 18.7. The molecule has 0 radical (unpaired) electrons. The largest absolute Gasteiger partial charge is 0.319 e. The maximum atomic E-state index is 12.9. The zero-order valence-corrected chi connectivity index (χ0v) is 18.8. The van der Waals surface area contributed by atoms with E-state index in [4.69, 9.17) is 23.2 Å². The monoisotopic (exact) mass is 450 g/mol. The van der Waals surface area contributed by atoms with E-state index >= 15 is 0 Å². The van der Waals surface area contributed by atoms with E-state index in [2.05, 4.69) is 21.5 Å². The number of carbonyl (C=O) groups excluding carboxylic acids is 1. The van der Waals surface area contributed by atoms with Crippen LogP contribution in [0.2, 0.25) is 10.0 Å². The summed E-state index contributed by atoms with van der Waals surface area (Å²) in [5.74, 6) is 0.191. The Kier molecular flexibility index (Phi) is 5.81. The van der Waals surface area contributed by atoms with E-state index in [-0.39, 0.29) is 5.82 Å². The molecule has 0 bridgehead atoms. The van der Waals surface area contributed by atoms with E-state index in [9.17, 15) is 4.79 Å². The summed E-state index contributed by atoms with van der Waals surface area (Å²) in [5.41, 5.74) is 5.33. The lowest BCUT2D eigenvalue weighted by atomic mass is 10.1. The number of nitrogens with zero attached hydrogens (tertiary/aromatic N) is 3. The first-order valence-electron chi connectivity index (χ1n) is 9.70. The molecule has 1 heterocycles. The van der Waals surface area contributed by atoms with Gasteiger partial charge in [-0.25, -0.2) is 9.67 Å². The summed E-state index contributed by atoms with van der Waals surface area (Å²) in [6.45, 7) is 5.94. The van der Waals surface area contributed by atoms with Gasteiger partial charge in [0.2, 0.25) is 5.82 Å². The van der Waals surface area contributed by atoms with Crippen molar-refractivity contribution >= 4 is 34.8 Å². The van der Waals surface area contributed by atoms with E-state index in [1.807, 2.05) is 51.1 Å². The van der Waals surface area contributed by atoms with Crippen LogP contribution >= 0.6 is 23.2 Å². The average Bonchev–Trinajstić information content (AvgIpc) is 3.16. The van der Waals surface area contributed by atoms with Crippen molar-refractivity contribution in [1.29, 1.82) is 0 Å². The van der Waals surface area contributed by atoms with Gasteiger partial charge in [-0.1, -0.05) is 47.0 Å². The van der Waals surface area contributed by atoms with E-state index in [0.29, 0.717) is 21.6 Å². The molecular weight excluding hydrogens is 431 g/mol. The lowest BCUT2D eigenvalue weighted by Gasteiger charge is -2.10. The summed E-state index contributed by atoms with van der Waals surface area (Å²) in [6.07, 6.45) is 0. The summed E-state index contributed by atoms with van der Waals surface area (Å²) < 4.78 is 1.69. The van der Waals surface area contributed by atoms with Crippen molar-refractivity contribution in [1.82, 2.24) is 14.8 Å². The van der Waals surface area contributed by atoms with Gasteiger partial charge in [-0.3, -0.25) is 4.79 Å². The molecule has 1 N–H and O–H groups in total. The highest BCUT2D eigenvalue weighted by molar-refractivity contribution is 6.31. The lowest BCUT2D eigenvalue weighted by molar-refractivity contribution is 0.101.